The molecule has 0 radical (unpaired) electrons. The van der Waals surface area contributed by atoms with E-state index in [9.17, 15) is 9.59 Å². The van der Waals surface area contributed by atoms with E-state index < -0.39 is 0 Å². The number of para-hydroxylation sites is 1. The number of nitrogens with two attached hydrogens (primary N) is 1. The number of hydrogen-bond acceptors (Lipinski definition) is 4. The molecule has 24 heavy (non-hydrogen) atoms. The summed E-state index contributed by atoms with van der Waals surface area (Å²) < 4.78 is 0. The lowest BCUT2D eigenvalue weighted by molar-refractivity contribution is -0.115. The van der Waals surface area contributed by atoms with Gasteiger partial charge in [0.05, 0.1) is 16.3 Å². The summed E-state index contributed by atoms with van der Waals surface area (Å²) >= 11 is 2.93. The van der Waals surface area contributed by atoms with Crippen molar-refractivity contribution in [2.75, 3.05) is 11.1 Å². The van der Waals surface area contributed by atoms with Gasteiger partial charge in [-0.3, -0.25) is 9.59 Å². The number of hydrogen-bond donors (Lipinski definition) is 2. The minimum Gasteiger partial charge on any atom is -0.369 e. The maximum absolute atomic E-state index is 12.6. The Kier molecular flexibility index (Phi) is 5.26. The number of amides is 2. The maximum Gasteiger partial charge on any atom is 0.265 e. The molecule has 1 aromatic carbocycles. The van der Waals surface area contributed by atoms with Gasteiger partial charge in [0, 0.05) is 9.77 Å². The normalized spacial score (nSPS) is 16.5. The summed E-state index contributed by atoms with van der Waals surface area (Å²) in [6.45, 7) is 2.26. The van der Waals surface area contributed by atoms with Crippen LogP contribution in [0.3, 0.4) is 0 Å². The zero-order valence-corrected chi connectivity index (χ0v) is 15.1. The summed E-state index contributed by atoms with van der Waals surface area (Å²) in [5.74, 6) is 0.419. The molecule has 0 saturated heterocycles. The predicted octanol–water partition coefficient (Wildman–Crippen LogP) is 3.70. The SMILES string of the molecule is C[C@H]1CCc2sc(C(=O)Nc3ccccc3SCC(N)=O)cc2C1. The van der Waals surface area contributed by atoms with Crippen LogP contribution < -0.4 is 11.1 Å². The van der Waals surface area contributed by atoms with Gasteiger partial charge in [-0.1, -0.05) is 19.1 Å². The highest BCUT2D eigenvalue weighted by molar-refractivity contribution is 8.00. The van der Waals surface area contributed by atoms with Crippen LogP contribution in [0.1, 0.15) is 33.5 Å². The first-order valence-corrected chi connectivity index (χ1v) is 9.76. The van der Waals surface area contributed by atoms with E-state index in [2.05, 4.69) is 12.2 Å². The van der Waals surface area contributed by atoms with Crippen LogP contribution in [0.15, 0.2) is 35.2 Å². The minimum atomic E-state index is -0.374. The fraction of sp³-hybridized carbons (Fsp3) is 0.333. The number of aryl methyl sites for hydroxylation is 1. The zero-order valence-electron chi connectivity index (χ0n) is 13.5. The first-order chi connectivity index (χ1) is 11.5. The molecule has 6 heteroatoms. The van der Waals surface area contributed by atoms with Gasteiger partial charge in [0.1, 0.15) is 0 Å². The van der Waals surface area contributed by atoms with Crippen molar-refractivity contribution < 1.29 is 9.59 Å². The molecule has 3 rings (SSSR count). The van der Waals surface area contributed by atoms with E-state index >= 15 is 0 Å². The van der Waals surface area contributed by atoms with Crippen molar-refractivity contribution in [3.8, 4) is 0 Å². The molecule has 126 valence electrons. The minimum absolute atomic E-state index is 0.0887. The quantitative estimate of drug-likeness (QED) is 0.799. The van der Waals surface area contributed by atoms with E-state index in [0.717, 1.165) is 22.6 Å². The van der Waals surface area contributed by atoms with Crippen LogP contribution in [0.25, 0.3) is 0 Å². The largest absolute Gasteiger partial charge is 0.369 e. The number of primary amides is 1. The van der Waals surface area contributed by atoms with Crippen LogP contribution in [0, 0.1) is 5.92 Å². The number of fused-ring (bicyclic) bond motifs is 1. The molecule has 0 unspecified atom stereocenters. The van der Waals surface area contributed by atoms with Gasteiger partial charge >= 0.3 is 0 Å². The molecule has 3 N–H and O–H groups in total. The van der Waals surface area contributed by atoms with Gasteiger partial charge < -0.3 is 11.1 Å². The van der Waals surface area contributed by atoms with Crippen molar-refractivity contribution in [2.45, 2.75) is 31.1 Å². The average molecular weight is 361 g/mol. The number of carbonyl (C=O) groups is 2. The first-order valence-electron chi connectivity index (χ1n) is 7.96. The molecule has 1 aliphatic rings. The van der Waals surface area contributed by atoms with Gasteiger partial charge in [-0.15, -0.1) is 23.1 Å². The zero-order chi connectivity index (χ0) is 17.1. The second-order valence-corrected chi connectivity index (χ2v) is 8.27. The predicted molar refractivity (Wildman–Crippen MR) is 99.8 cm³/mol. The molecule has 1 atom stereocenters. The van der Waals surface area contributed by atoms with Crippen LogP contribution in [0.5, 0.6) is 0 Å². The molecule has 0 saturated carbocycles. The number of rotatable bonds is 5. The summed E-state index contributed by atoms with van der Waals surface area (Å²) in [4.78, 5) is 26.5. The molecule has 0 bridgehead atoms. The van der Waals surface area contributed by atoms with Crippen molar-refractivity contribution in [3.05, 3.63) is 45.6 Å². The number of carbonyl (C=O) groups excluding carboxylic acids is 2. The maximum atomic E-state index is 12.6. The van der Waals surface area contributed by atoms with Gasteiger partial charge in [-0.2, -0.15) is 0 Å². The lowest BCUT2D eigenvalue weighted by Crippen LogP contribution is -2.14. The summed E-state index contributed by atoms with van der Waals surface area (Å²) in [5, 5.41) is 2.97. The summed E-state index contributed by atoms with van der Waals surface area (Å²) in [5.41, 5.74) is 7.24. The van der Waals surface area contributed by atoms with E-state index in [0.29, 0.717) is 11.6 Å². The molecule has 0 fully saturated rings. The summed E-state index contributed by atoms with van der Waals surface area (Å²) in [6, 6.07) is 9.50. The summed E-state index contributed by atoms with van der Waals surface area (Å²) in [7, 11) is 0. The topological polar surface area (TPSA) is 72.2 Å². The third-order valence-corrected chi connectivity index (χ3v) is 6.39. The van der Waals surface area contributed by atoms with Gasteiger partial charge in [0.15, 0.2) is 0 Å². The van der Waals surface area contributed by atoms with E-state index in [1.54, 1.807) is 11.3 Å². The van der Waals surface area contributed by atoms with Crippen molar-refractivity contribution >= 4 is 40.6 Å². The smallest absolute Gasteiger partial charge is 0.265 e. The van der Waals surface area contributed by atoms with Gasteiger partial charge in [-0.05, 0) is 48.9 Å². The van der Waals surface area contributed by atoms with Crippen LogP contribution >= 0.6 is 23.1 Å². The number of thioether (sulfide) groups is 1. The molecule has 1 aromatic heterocycles. The third-order valence-electron chi connectivity index (χ3n) is 4.06. The van der Waals surface area contributed by atoms with E-state index in [1.807, 2.05) is 30.3 Å². The fourth-order valence-electron chi connectivity index (χ4n) is 2.85. The van der Waals surface area contributed by atoms with Gasteiger partial charge in [0.2, 0.25) is 5.91 Å². The Labute approximate surface area is 149 Å². The highest BCUT2D eigenvalue weighted by atomic mass is 32.2. The standard InChI is InChI=1S/C18H20N2O2S2/c1-11-6-7-14-12(8-11)9-16(24-14)18(22)20-13-4-2-3-5-15(13)23-10-17(19)21/h2-5,9,11H,6-8,10H2,1H3,(H2,19,21)(H,20,22)/t11-/m0/s1. The Morgan fingerprint density at radius 3 is 2.96 bits per heavy atom. The Morgan fingerprint density at radius 1 is 1.38 bits per heavy atom. The Morgan fingerprint density at radius 2 is 2.17 bits per heavy atom. The Bertz CT molecular complexity index is 770. The molecule has 4 nitrogen and oxygen atoms in total. The molecule has 0 aliphatic heterocycles. The fourth-order valence-corrected chi connectivity index (χ4v) is 4.70. The second kappa shape index (κ2) is 7.40. The number of benzene rings is 1. The average Bonchev–Trinajstić information content (AvgIpc) is 2.97. The van der Waals surface area contributed by atoms with Crippen molar-refractivity contribution in [1.29, 1.82) is 0 Å². The lowest BCUT2D eigenvalue weighted by atomic mass is 9.90. The van der Waals surface area contributed by atoms with E-state index in [4.69, 9.17) is 5.73 Å². The summed E-state index contributed by atoms with van der Waals surface area (Å²) in [6.07, 6.45) is 3.32. The van der Waals surface area contributed by atoms with Crippen molar-refractivity contribution in [3.63, 3.8) is 0 Å². The molecule has 1 heterocycles. The number of nitrogens with one attached hydrogen (secondary N) is 1. The number of anilines is 1. The van der Waals surface area contributed by atoms with Crippen LogP contribution in [-0.2, 0) is 17.6 Å². The highest BCUT2D eigenvalue weighted by Crippen LogP contribution is 2.33. The molecule has 0 spiro atoms. The first kappa shape index (κ1) is 17.0. The van der Waals surface area contributed by atoms with E-state index in [1.165, 1.54) is 28.6 Å². The van der Waals surface area contributed by atoms with Crippen LogP contribution in [0.2, 0.25) is 0 Å². The molecular formula is C18H20N2O2S2. The lowest BCUT2D eigenvalue weighted by Gasteiger charge is -2.16. The Balaban J connectivity index is 1.74. The van der Waals surface area contributed by atoms with Gasteiger partial charge in [-0.25, -0.2) is 0 Å². The monoisotopic (exact) mass is 360 g/mol. The van der Waals surface area contributed by atoms with Crippen LogP contribution in [-0.4, -0.2) is 17.6 Å². The van der Waals surface area contributed by atoms with E-state index in [-0.39, 0.29) is 17.6 Å². The molecule has 2 amide bonds. The number of thiophene rings is 1. The van der Waals surface area contributed by atoms with Crippen LogP contribution in [0.4, 0.5) is 5.69 Å². The Hall–Kier alpha value is -1.79. The molecule has 1 aliphatic carbocycles. The molecular weight excluding hydrogens is 340 g/mol. The van der Waals surface area contributed by atoms with Crippen molar-refractivity contribution in [1.82, 2.24) is 0 Å². The third kappa shape index (κ3) is 3.99. The van der Waals surface area contributed by atoms with Gasteiger partial charge in [0.25, 0.3) is 5.91 Å². The molecule has 2 aromatic rings. The highest BCUT2D eigenvalue weighted by Gasteiger charge is 2.21. The van der Waals surface area contributed by atoms with Crippen molar-refractivity contribution in [2.24, 2.45) is 11.7 Å². The second-order valence-electron chi connectivity index (χ2n) is 6.11.